The van der Waals surface area contributed by atoms with Crippen molar-refractivity contribution in [1.29, 1.82) is 0 Å². The van der Waals surface area contributed by atoms with Gasteiger partial charge in [-0.25, -0.2) is 0 Å². The molecule has 1 unspecified atom stereocenters. The molecule has 0 amide bonds. The van der Waals surface area contributed by atoms with Gasteiger partial charge in [0.15, 0.2) is 14.6 Å². The quantitative estimate of drug-likeness (QED) is 0.510. The monoisotopic (exact) mass is 198 g/mol. The summed E-state index contributed by atoms with van der Waals surface area (Å²) in [7, 11) is -1.47. The zero-order valence-electron chi connectivity index (χ0n) is 8.83. The smallest absolute Gasteiger partial charge is 0.188 e. The summed E-state index contributed by atoms with van der Waals surface area (Å²) in [6.45, 7) is 8.43. The van der Waals surface area contributed by atoms with Crippen LogP contribution >= 0.6 is 0 Å². The molecule has 1 rings (SSSR count). The molecule has 0 aromatic carbocycles. The summed E-state index contributed by atoms with van der Waals surface area (Å²) >= 11 is 0. The Balaban J connectivity index is 2.33. The van der Waals surface area contributed by atoms with Gasteiger partial charge < -0.3 is 9.16 Å². The summed E-state index contributed by atoms with van der Waals surface area (Å²) < 4.78 is 11.3. The van der Waals surface area contributed by atoms with Gasteiger partial charge in [-0.15, -0.1) is 0 Å². The fraction of sp³-hybridized carbons (Fsp3) is 0.600. The molecule has 0 aromatic rings. The minimum Gasteiger partial charge on any atom is -0.467 e. The molecule has 0 radical (unpaired) electrons. The van der Waals surface area contributed by atoms with E-state index in [1.807, 2.05) is 13.0 Å². The van der Waals surface area contributed by atoms with Crippen LogP contribution in [0, 0.1) is 0 Å². The van der Waals surface area contributed by atoms with E-state index in [4.69, 9.17) is 9.16 Å². The first kappa shape index (κ1) is 10.5. The van der Waals surface area contributed by atoms with Crippen molar-refractivity contribution in [3.05, 3.63) is 24.0 Å². The minimum atomic E-state index is -1.47. The number of hydrogen-bond acceptors (Lipinski definition) is 2. The summed E-state index contributed by atoms with van der Waals surface area (Å²) in [6, 6.07) is 0. The number of hydrogen-bond donors (Lipinski definition) is 0. The number of allylic oxidation sites excluding steroid dienone is 3. The Bertz CT molecular complexity index is 226. The first-order valence-electron chi connectivity index (χ1n) is 4.68. The largest absolute Gasteiger partial charge is 0.467 e. The molecule has 0 bridgehead atoms. The highest BCUT2D eigenvalue weighted by atomic mass is 28.4. The number of rotatable bonds is 4. The van der Waals surface area contributed by atoms with Gasteiger partial charge in [0.25, 0.3) is 0 Å². The minimum absolute atomic E-state index is 0.124. The fourth-order valence-corrected chi connectivity index (χ4v) is 2.28. The summed E-state index contributed by atoms with van der Waals surface area (Å²) in [6.07, 6.45) is 6.99. The number of ether oxygens (including phenoxy) is 1. The van der Waals surface area contributed by atoms with Crippen molar-refractivity contribution in [2.75, 3.05) is 0 Å². The second-order valence-corrected chi connectivity index (χ2v) is 8.62. The molecule has 3 heteroatoms. The molecule has 74 valence electrons. The average molecular weight is 198 g/mol. The second-order valence-electron chi connectivity index (χ2n) is 4.16. The van der Waals surface area contributed by atoms with Gasteiger partial charge in [-0.2, -0.15) is 0 Å². The van der Waals surface area contributed by atoms with Crippen molar-refractivity contribution in [3.8, 4) is 0 Å². The Labute approximate surface area is 81.4 Å². The van der Waals surface area contributed by atoms with E-state index in [2.05, 4.69) is 31.8 Å². The van der Waals surface area contributed by atoms with Gasteiger partial charge in [-0.1, -0.05) is 6.08 Å². The molecule has 0 fully saturated rings. The first-order valence-corrected chi connectivity index (χ1v) is 8.09. The van der Waals surface area contributed by atoms with Crippen molar-refractivity contribution in [2.45, 2.75) is 39.3 Å². The standard InChI is InChI=1S/C10H18O2Si/c1-9(12-13(2,3)4)11-10-7-5-6-8-10/h5,7-9H,6H2,1-4H3. The van der Waals surface area contributed by atoms with Gasteiger partial charge in [-0.3, -0.25) is 0 Å². The fourth-order valence-electron chi connectivity index (χ4n) is 1.24. The van der Waals surface area contributed by atoms with Crippen LogP contribution in [0.5, 0.6) is 0 Å². The molecule has 0 saturated heterocycles. The topological polar surface area (TPSA) is 18.5 Å². The molecule has 0 spiro atoms. The van der Waals surface area contributed by atoms with Crippen LogP contribution in [0.1, 0.15) is 13.3 Å². The normalized spacial score (nSPS) is 18.6. The van der Waals surface area contributed by atoms with Gasteiger partial charge in [0.05, 0.1) is 0 Å². The van der Waals surface area contributed by atoms with Crippen molar-refractivity contribution < 1.29 is 9.16 Å². The lowest BCUT2D eigenvalue weighted by Gasteiger charge is -2.24. The highest BCUT2D eigenvalue weighted by molar-refractivity contribution is 6.69. The third-order valence-electron chi connectivity index (χ3n) is 1.56. The molecular formula is C10H18O2Si. The van der Waals surface area contributed by atoms with Crippen molar-refractivity contribution in [2.24, 2.45) is 0 Å². The van der Waals surface area contributed by atoms with Gasteiger partial charge >= 0.3 is 0 Å². The van der Waals surface area contributed by atoms with E-state index >= 15 is 0 Å². The van der Waals surface area contributed by atoms with Crippen LogP contribution in [0.25, 0.3) is 0 Å². The van der Waals surface area contributed by atoms with E-state index in [0.29, 0.717) is 0 Å². The van der Waals surface area contributed by atoms with Crippen LogP contribution in [-0.4, -0.2) is 14.6 Å². The summed E-state index contributed by atoms with van der Waals surface area (Å²) in [4.78, 5) is 0. The van der Waals surface area contributed by atoms with Gasteiger partial charge in [0.2, 0.25) is 0 Å². The van der Waals surface area contributed by atoms with Crippen molar-refractivity contribution >= 4 is 8.32 Å². The molecule has 1 aliphatic carbocycles. The second kappa shape index (κ2) is 4.11. The molecule has 0 aromatic heterocycles. The van der Waals surface area contributed by atoms with Crippen molar-refractivity contribution in [1.82, 2.24) is 0 Å². The lowest BCUT2D eigenvalue weighted by atomic mass is 10.5. The average Bonchev–Trinajstić information content (AvgIpc) is 2.34. The molecular weight excluding hydrogens is 180 g/mol. The van der Waals surface area contributed by atoms with Gasteiger partial charge in [0.1, 0.15) is 5.76 Å². The lowest BCUT2D eigenvalue weighted by molar-refractivity contribution is -0.0300. The van der Waals surface area contributed by atoms with Crippen LogP contribution < -0.4 is 0 Å². The van der Waals surface area contributed by atoms with E-state index in [1.54, 1.807) is 0 Å². The highest BCUT2D eigenvalue weighted by Crippen LogP contribution is 2.15. The first-order chi connectivity index (χ1) is 5.97. The summed E-state index contributed by atoms with van der Waals surface area (Å²) in [5, 5.41) is 0. The van der Waals surface area contributed by atoms with Gasteiger partial charge in [-0.05, 0) is 45.1 Å². The molecule has 0 aliphatic heterocycles. The maximum Gasteiger partial charge on any atom is 0.188 e. The molecule has 1 atom stereocenters. The summed E-state index contributed by atoms with van der Waals surface area (Å²) in [5.74, 6) is 0.936. The van der Waals surface area contributed by atoms with E-state index < -0.39 is 8.32 Å². The van der Waals surface area contributed by atoms with E-state index in [-0.39, 0.29) is 6.29 Å². The van der Waals surface area contributed by atoms with Crippen LogP contribution in [0.3, 0.4) is 0 Å². The predicted octanol–water partition coefficient (Wildman–Crippen LogP) is 3.04. The molecule has 0 N–H and O–H groups in total. The predicted molar refractivity (Wildman–Crippen MR) is 56.8 cm³/mol. The SMILES string of the molecule is CC(OC1=CCC=C1)O[Si](C)(C)C. The molecule has 0 saturated carbocycles. The third-order valence-corrected chi connectivity index (χ3v) is 2.60. The van der Waals surface area contributed by atoms with Crippen LogP contribution in [0.4, 0.5) is 0 Å². The Morgan fingerprint density at radius 2 is 2.08 bits per heavy atom. The molecule has 0 heterocycles. The summed E-state index contributed by atoms with van der Waals surface area (Å²) in [5.41, 5.74) is 0. The van der Waals surface area contributed by atoms with E-state index in [9.17, 15) is 0 Å². The zero-order valence-corrected chi connectivity index (χ0v) is 9.83. The van der Waals surface area contributed by atoms with Crippen LogP contribution in [0.15, 0.2) is 24.0 Å². The lowest BCUT2D eigenvalue weighted by Crippen LogP contribution is -2.31. The molecule has 13 heavy (non-hydrogen) atoms. The van der Waals surface area contributed by atoms with E-state index in [1.165, 1.54) is 0 Å². The van der Waals surface area contributed by atoms with Crippen LogP contribution in [0.2, 0.25) is 19.6 Å². The van der Waals surface area contributed by atoms with E-state index in [0.717, 1.165) is 12.2 Å². The Morgan fingerprint density at radius 3 is 2.54 bits per heavy atom. The highest BCUT2D eigenvalue weighted by Gasteiger charge is 2.19. The van der Waals surface area contributed by atoms with Gasteiger partial charge in [0, 0.05) is 0 Å². The molecule has 2 nitrogen and oxygen atoms in total. The Morgan fingerprint density at radius 1 is 1.38 bits per heavy atom. The molecule has 1 aliphatic rings. The van der Waals surface area contributed by atoms with Crippen LogP contribution in [-0.2, 0) is 9.16 Å². The third kappa shape index (κ3) is 4.29. The zero-order chi connectivity index (χ0) is 9.90. The maximum atomic E-state index is 5.74. The Hall–Kier alpha value is -0.543. The maximum absolute atomic E-state index is 5.74. The van der Waals surface area contributed by atoms with Crippen molar-refractivity contribution in [3.63, 3.8) is 0 Å². The Kier molecular flexibility index (Phi) is 3.33.